The number of nitrogens with zero attached hydrogens (tertiary/aromatic N) is 2. The molecule has 2 aromatic rings. The molecule has 2 aliphatic heterocycles. The largest absolute Gasteiger partial charge is 0.469 e. The molecule has 2 aromatic carbocycles. The van der Waals surface area contributed by atoms with Crippen molar-refractivity contribution in [3.8, 4) is 5.75 Å². The molecule has 4 rings (SSSR count). The molecule has 3 nitrogen and oxygen atoms in total. The number of para-hydroxylation sites is 1. The van der Waals surface area contributed by atoms with Crippen LogP contribution in [0.25, 0.3) is 0 Å². The predicted molar refractivity (Wildman–Crippen MR) is 92.5 cm³/mol. The smallest absolute Gasteiger partial charge is 0.188 e. The summed E-state index contributed by atoms with van der Waals surface area (Å²) in [6.45, 7) is 4.47. The van der Waals surface area contributed by atoms with Gasteiger partial charge in [0.2, 0.25) is 0 Å². The van der Waals surface area contributed by atoms with Crippen molar-refractivity contribution in [2.75, 3.05) is 0 Å². The van der Waals surface area contributed by atoms with Gasteiger partial charge < -0.3 is 4.74 Å². The molecule has 3 heteroatoms. The van der Waals surface area contributed by atoms with E-state index in [2.05, 4.69) is 67.4 Å². The molecule has 2 heterocycles. The molecule has 23 heavy (non-hydrogen) atoms. The van der Waals surface area contributed by atoms with E-state index in [1.165, 1.54) is 11.1 Å². The fraction of sp³-hybridized carbons (Fsp3) is 0.350. The summed E-state index contributed by atoms with van der Waals surface area (Å²) in [6, 6.07) is 19.2. The maximum atomic E-state index is 6.26. The molecule has 0 aromatic heterocycles. The molecule has 0 saturated heterocycles. The zero-order chi connectivity index (χ0) is 15.8. The third-order valence-electron chi connectivity index (χ3n) is 4.56. The summed E-state index contributed by atoms with van der Waals surface area (Å²) in [5, 5.41) is 7.12. The highest BCUT2D eigenvalue weighted by Gasteiger charge is 2.40. The molecule has 2 atom stereocenters. The van der Waals surface area contributed by atoms with Gasteiger partial charge in [-0.1, -0.05) is 62.4 Å². The molecule has 0 saturated carbocycles. The zero-order valence-corrected chi connectivity index (χ0v) is 13.6. The number of benzene rings is 2. The minimum atomic E-state index is 0.0242. The lowest BCUT2D eigenvalue weighted by Gasteiger charge is -2.38. The maximum Gasteiger partial charge on any atom is 0.188 e. The highest BCUT2D eigenvalue weighted by molar-refractivity contribution is 6.01. The van der Waals surface area contributed by atoms with Gasteiger partial charge in [-0.25, -0.2) is 0 Å². The van der Waals surface area contributed by atoms with E-state index in [4.69, 9.17) is 9.84 Å². The monoisotopic (exact) mass is 306 g/mol. The van der Waals surface area contributed by atoms with Crippen molar-refractivity contribution in [1.29, 1.82) is 0 Å². The Bertz CT molecular complexity index is 723. The fourth-order valence-electron chi connectivity index (χ4n) is 3.47. The Morgan fingerprint density at radius 3 is 2.61 bits per heavy atom. The van der Waals surface area contributed by atoms with Crippen LogP contribution in [0.15, 0.2) is 59.7 Å². The van der Waals surface area contributed by atoms with Crippen LogP contribution >= 0.6 is 0 Å². The van der Waals surface area contributed by atoms with Gasteiger partial charge >= 0.3 is 0 Å². The Labute approximate surface area is 137 Å². The minimum absolute atomic E-state index is 0.0242. The maximum absolute atomic E-state index is 6.26. The SMILES string of the molecule is CC(C)CC1Oc2ccccc2C2CC(c3ccccc3)=NN12. The van der Waals surface area contributed by atoms with E-state index < -0.39 is 0 Å². The summed E-state index contributed by atoms with van der Waals surface area (Å²) in [7, 11) is 0. The molecule has 0 spiro atoms. The van der Waals surface area contributed by atoms with Crippen LogP contribution in [0.2, 0.25) is 0 Å². The van der Waals surface area contributed by atoms with E-state index in [-0.39, 0.29) is 6.23 Å². The minimum Gasteiger partial charge on any atom is -0.469 e. The summed E-state index contributed by atoms with van der Waals surface area (Å²) < 4.78 is 6.26. The Kier molecular flexibility index (Phi) is 3.56. The second-order valence-corrected chi connectivity index (χ2v) is 6.75. The standard InChI is InChI=1S/C20H22N2O/c1-14(2)12-20-22-18(16-10-6-7-11-19(16)23-20)13-17(21-22)15-8-4-3-5-9-15/h3-11,14,18,20H,12-13H2,1-2H3. The van der Waals surface area contributed by atoms with E-state index in [0.29, 0.717) is 12.0 Å². The van der Waals surface area contributed by atoms with E-state index in [1.54, 1.807) is 0 Å². The Hall–Kier alpha value is -2.29. The molecule has 118 valence electrons. The van der Waals surface area contributed by atoms with Crippen LogP contribution in [0.3, 0.4) is 0 Å². The van der Waals surface area contributed by atoms with Gasteiger partial charge in [0.1, 0.15) is 5.75 Å². The van der Waals surface area contributed by atoms with Crippen molar-refractivity contribution in [2.24, 2.45) is 11.0 Å². The van der Waals surface area contributed by atoms with Crippen LogP contribution < -0.4 is 4.74 Å². The fourth-order valence-corrected chi connectivity index (χ4v) is 3.47. The predicted octanol–water partition coefficient (Wildman–Crippen LogP) is 4.60. The third-order valence-corrected chi connectivity index (χ3v) is 4.56. The van der Waals surface area contributed by atoms with E-state index >= 15 is 0 Å². The van der Waals surface area contributed by atoms with Crippen molar-refractivity contribution in [3.63, 3.8) is 0 Å². The Balaban J connectivity index is 1.72. The molecule has 0 fully saturated rings. The highest BCUT2D eigenvalue weighted by Crippen LogP contribution is 2.43. The van der Waals surface area contributed by atoms with Gasteiger partial charge in [0.15, 0.2) is 6.23 Å². The van der Waals surface area contributed by atoms with Crippen molar-refractivity contribution in [3.05, 3.63) is 65.7 Å². The number of hydrogen-bond acceptors (Lipinski definition) is 3. The van der Waals surface area contributed by atoms with Crippen LogP contribution in [0.4, 0.5) is 0 Å². The molecule has 0 bridgehead atoms. The lowest BCUT2D eigenvalue weighted by molar-refractivity contribution is -0.0291. The van der Waals surface area contributed by atoms with Crippen LogP contribution in [0.1, 0.15) is 43.9 Å². The van der Waals surface area contributed by atoms with Gasteiger partial charge in [0, 0.05) is 18.4 Å². The second kappa shape index (κ2) is 5.73. The Morgan fingerprint density at radius 2 is 1.83 bits per heavy atom. The van der Waals surface area contributed by atoms with Gasteiger partial charge in [-0.2, -0.15) is 5.10 Å². The van der Waals surface area contributed by atoms with Crippen molar-refractivity contribution >= 4 is 5.71 Å². The van der Waals surface area contributed by atoms with Gasteiger partial charge in [0.05, 0.1) is 11.8 Å². The molecule has 0 aliphatic carbocycles. The van der Waals surface area contributed by atoms with Gasteiger partial charge in [-0.3, -0.25) is 5.01 Å². The first kappa shape index (κ1) is 14.3. The van der Waals surface area contributed by atoms with Crippen LogP contribution in [0, 0.1) is 5.92 Å². The molecular formula is C20H22N2O. The van der Waals surface area contributed by atoms with E-state index in [0.717, 1.165) is 24.3 Å². The molecule has 0 N–H and O–H groups in total. The lowest BCUT2D eigenvalue weighted by Crippen LogP contribution is -2.41. The number of ether oxygens (including phenoxy) is 1. The number of rotatable bonds is 3. The van der Waals surface area contributed by atoms with Gasteiger partial charge in [-0.15, -0.1) is 0 Å². The summed E-state index contributed by atoms with van der Waals surface area (Å²) in [4.78, 5) is 0. The summed E-state index contributed by atoms with van der Waals surface area (Å²) in [6.07, 6.45) is 1.95. The quantitative estimate of drug-likeness (QED) is 0.827. The molecule has 2 aliphatic rings. The van der Waals surface area contributed by atoms with Crippen LogP contribution in [-0.2, 0) is 0 Å². The highest BCUT2D eigenvalue weighted by atomic mass is 16.5. The average Bonchev–Trinajstić information content (AvgIpc) is 3.01. The van der Waals surface area contributed by atoms with Gasteiger partial charge in [0.25, 0.3) is 0 Å². The topological polar surface area (TPSA) is 24.8 Å². The summed E-state index contributed by atoms with van der Waals surface area (Å²) in [5.41, 5.74) is 3.62. The number of fused-ring (bicyclic) bond motifs is 3. The van der Waals surface area contributed by atoms with E-state index in [1.807, 2.05) is 6.07 Å². The average molecular weight is 306 g/mol. The molecule has 0 amide bonds. The van der Waals surface area contributed by atoms with Gasteiger partial charge in [-0.05, 0) is 17.5 Å². The normalized spacial score (nSPS) is 22.4. The number of hydrazone groups is 1. The van der Waals surface area contributed by atoms with Crippen LogP contribution in [0.5, 0.6) is 5.75 Å². The van der Waals surface area contributed by atoms with Crippen molar-refractivity contribution in [1.82, 2.24) is 5.01 Å². The van der Waals surface area contributed by atoms with Crippen molar-refractivity contribution < 1.29 is 4.74 Å². The summed E-state index contributed by atoms with van der Waals surface area (Å²) in [5.74, 6) is 1.59. The van der Waals surface area contributed by atoms with Crippen LogP contribution in [-0.4, -0.2) is 16.9 Å². The zero-order valence-electron chi connectivity index (χ0n) is 13.6. The lowest BCUT2D eigenvalue weighted by atomic mass is 9.96. The first-order valence-electron chi connectivity index (χ1n) is 8.39. The molecule has 0 radical (unpaired) electrons. The van der Waals surface area contributed by atoms with E-state index in [9.17, 15) is 0 Å². The molecule has 2 unspecified atom stereocenters. The first-order chi connectivity index (χ1) is 11.2. The third kappa shape index (κ3) is 2.61. The number of hydrogen-bond donors (Lipinski definition) is 0. The Morgan fingerprint density at radius 1 is 1.09 bits per heavy atom. The van der Waals surface area contributed by atoms with Crippen molar-refractivity contribution in [2.45, 2.75) is 39.0 Å². The summed E-state index contributed by atoms with van der Waals surface area (Å²) >= 11 is 0. The first-order valence-corrected chi connectivity index (χ1v) is 8.39. The second-order valence-electron chi connectivity index (χ2n) is 6.75. The molecular weight excluding hydrogens is 284 g/mol.